The van der Waals surface area contributed by atoms with Gasteiger partial charge in [-0.3, -0.25) is 0 Å². The van der Waals surface area contributed by atoms with Gasteiger partial charge in [-0.1, -0.05) is 66.7 Å². The standard InChI is InChI=1S/C32H32N6O3.C8H15N/c1-40-31-34-28-21-36(29-13-7-11-24-10-5-6-12-26(24)29)17-15-27(28)30(35-31)37-18-19-38(25(20-37)14-16-33)32(39)41-22-23-8-3-2-4-9-23;1-2-6-9(5-1)7-8-3-4-8/h2-13,25H,14-15,17-22H2,1H3;8H,1-7H2. The number of nitriles is 1. The molecule has 3 aromatic carbocycles. The topological polar surface area (TPSA) is 98.1 Å². The minimum Gasteiger partial charge on any atom is -0.467 e. The Balaban J connectivity index is 0.000000375. The zero-order valence-corrected chi connectivity index (χ0v) is 29.0. The minimum atomic E-state index is -0.401. The minimum absolute atomic E-state index is 0.197. The van der Waals surface area contributed by atoms with Gasteiger partial charge in [0.25, 0.3) is 0 Å². The molecule has 8 rings (SSSR count). The summed E-state index contributed by atoms with van der Waals surface area (Å²) in [6, 6.07) is 26.7. The van der Waals surface area contributed by atoms with Crippen LogP contribution in [0.15, 0.2) is 72.8 Å². The van der Waals surface area contributed by atoms with Crippen LogP contribution in [0.3, 0.4) is 0 Å². The van der Waals surface area contributed by atoms with Crippen LogP contribution < -0.4 is 14.5 Å². The van der Waals surface area contributed by atoms with Gasteiger partial charge in [-0.2, -0.15) is 15.2 Å². The number of benzene rings is 3. The first-order valence-corrected chi connectivity index (χ1v) is 18.1. The van der Waals surface area contributed by atoms with Gasteiger partial charge >= 0.3 is 12.1 Å². The van der Waals surface area contributed by atoms with Crippen molar-refractivity contribution in [3.05, 3.63) is 89.6 Å². The summed E-state index contributed by atoms with van der Waals surface area (Å²) >= 11 is 0. The van der Waals surface area contributed by atoms with E-state index in [0.717, 1.165) is 41.5 Å². The first-order valence-electron chi connectivity index (χ1n) is 18.1. The third-order valence-electron chi connectivity index (χ3n) is 10.3. The predicted molar refractivity (Wildman–Crippen MR) is 195 cm³/mol. The van der Waals surface area contributed by atoms with E-state index in [0.29, 0.717) is 32.2 Å². The van der Waals surface area contributed by atoms with E-state index < -0.39 is 6.09 Å². The molecule has 3 fully saturated rings. The highest BCUT2D eigenvalue weighted by Gasteiger charge is 2.35. The molecule has 260 valence electrons. The molecule has 4 aromatic rings. The number of ether oxygens (including phenoxy) is 2. The fourth-order valence-corrected chi connectivity index (χ4v) is 7.43. The predicted octanol–water partition coefficient (Wildman–Crippen LogP) is 6.43. The largest absolute Gasteiger partial charge is 0.467 e. The number of methoxy groups -OCH3 is 1. The van der Waals surface area contributed by atoms with Gasteiger partial charge in [0, 0.05) is 49.4 Å². The maximum Gasteiger partial charge on any atom is 0.410 e. The molecule has 1 aromatic heterocycles. The van der Waals surface area contributed by atoms with Crippen molar-refractivity contribution in [3.63, 3.8) is 0 Å². The Morgan fingerprint density at radius 2 is 1.68 bits per heavy atom. The van der Waals surface area contributed by atoms with E-state index in [-0.39, 0.29) is 19.1 Å². The van der Waals surface area contributed by atoms with Crippen molar-refractivity contribution in [1.29, 1.82) is 5.26 Å². The van der Waals surface area contributed by atoms with E-state index in [4.69, 9.17) is 19.4 Å². The van der Waals surface area contributed by atoms with Crippen LogP contribution in [0, 0.1) is 17.2 Å². The Kier molecular flexibility index (Phi) is 10.6. The van der Waals surface area contributed by atoms with E-state index in [9.17, 15) is 10.1 Å². The highest BCUT2D eigenvalue weighted by atomic mass is 16.6. The van der Waals surface area contributed by atoms with Gasteiger partial charge in [-0.25, -0.2) is 4.79 Å². The smallest absolute Gasteiger partial charge is 0.410 e. The molecule has 1 unspecified atom stereocenters. The number of likely N-dealkylation sites (tertiary alicyclic amines) is 1. The molecular formula is C40H47N7O3. The second kappa shape index (κ2) is 15.8. The van der Waals surface area contributed by atoms with Crippen molar-refractivity contribution in [2.24, 2.45) is 5.92 Å². The van der Waals surface area contributed by atoms with Crippen molar-refractivity contribution < 1.29 is 14.3 Å². The molecule has 0 bridgehead atoms. The van der Waals surface area contributed by atoms with Crippen molar-refractivity contribution in [2.45, 2.75) is 57.7 Å². The van der Waals surface area contributed by atoms with Gasteiger partial charge in [0.05, 0.1) is 37.9 Å². The number of rotatable bonds is 8. The molecule has 10 nitrogen and oxygen atoms in total. The van der Waals surface area contributed by atoms with E-state index in [2.05, 4.69) is 63.2 Å². The quantitative estimate of drug-likeness (QED) is 0.210. The molecule has 4 aliphatic rings. The van der Waals surface area contributed by atoms with Crippen LogP contribution in [0.2, 0.25) is 0 Å². The molecular weight excluding hydrogens is 626 g/mol. The van der Waals surface area contributed by atoms with Crippen LogP contribution >= 0.6 is 0 Å². The number of anilines is 2. The van der Waals surface area contributed by atoms with Crippen molar-refractivity contribution >= 4 is 28.4 Å². The van der Waals surface area contributed by atoms with Crippen LogP contribution in [0.25, 0.3) is 10.8 Å². The maximum absolute atomic E-state index is 13.0. The monoisotopic (exact) mass is 673 g/mol. The fraction of sp³-hybridized carbons (Fsp3) is 0.450. The zero-order chi connectivity index (χ0) is 34.3. The highest BCUT2D eigenvalue weighted by molar-refractivity contribution is 5.94. The molecule has 0 radical (unpaired) electrons. The summed E-state index contributed by atoms with van der Waals surface area (Å²) in [7, 11) is 1.58. The van der Waals surface area contributed by atoms with E-state index in [1.54, 1.807) is 12.0 Å². The number of fused-ring (bicyclic) bond motifs is 2. The number of nitrogens with zero attached hydrogens (tertiary/aromatic N) is 7. The summed E-state index contributed by atoms with van der Waals surface area (Å²) in [6.07, 6.45) is 6.50. The van der Waals surface area contributed by atoms with Gasteiger partial charge in [-0.15, -0.1) is 0 Å². The highest BCUT2D eigenvalue weighted by Crippen LogP contribution is 2.35. The SMILES string of the molecule is C1CCN(CC2CC2)C1.COc1nc2c(c(N3CCN(C(=O)OCc4ccccc4)C(CC#N)C3)n1)CCN(c1cccc3ccccc13)C2. The Morgan fingerprint density at radius 1 is 0.900 bits per heavy atom. The normalized spacial score (nSPS) is 19.0. The van der Waals surface area contributed by atoms with Crippen LogP contribution in [0.5, 0.6) is 6.01 Å². The molecule has 0 N–H and O–H groups in total. The summed E-state index contributed by atoms with van der Waals surface area (Å²) < 4.78 is 11.1. The third kappa shape index (κ3) is 7.95. The molecule has 0 spiro atoms. The first-order chi connectivity index (χ1) is 24.6. The lowest BCUT2D eigenvalue weighted by Gasteiger charge is -2.41. The number of carbonyl (C=O) groups is 1. The molecule has 2 saturated heterocycles. The molecule has 1 atom stereocenters. The van der Waals surface area contributed by atoms with Crippen molar-refractivity contribution in [2.75, 3.05) is 62.7 Å². The van der Waals surface area contributed by atoms with Gasteiger partial charge in [-0.05, 0) is 68.1 Å². The first kappa shape index (κ1) is 33.6. The Bertz CT molecular complexity index is 1800. The van der Waals surface area contributed by atoms with E-state index in [1.807, 2.05) is 30.3 Å². The summed E-state index contributed by atoms with van der Waals surface area (Å²) in [5.74, 6) is 1.92. The average Bonchev–Trinajstić information content (AvgIpc) is 3.84. The van der Waals surface area contributed by atoms with Crippen molar-refractivity contribution in [3.8, 4) is 12.1 Å². The van der Waals surface area contributed by atoms with Crippen LogP contribution in [0.1, 0.15) is 48.9 Å². The second-order valence-electron chi connectivity index (χ2n) is 13.8. The summed E-state index contributed by atoms with van der Waals surface area (Å²) in [5, 5.41) is 12.0. The zero-order valence-electron chi connectivity index (χ0n) is 29.0. The van der Waals surface area contributed by atoms with Gasteiger partial charge in [0.2, 0.25) is 0 Å². The van der Waals surface area contributed by atoms with Crippen LogP contribution in [-0.2, 0) is 24.3 Å². The average molecular weight is 674 g/mol. The fourth-order valence-electron chi connectivity index (χ4n) is 7.43. The Labute approximate surface area is 295 Å². The number of hydrogen-bond donors (Lipinski definition) is 0. The Hall–Kier alpha value is -4.88. The van der Waals surface area contributed by atoms with Crippen LogP contribution in [0.4, 0.5) is 16.3 Å². The Morgan fingerprint density at radius 3 is 2.46 bits per heavy atom. The lowest BCUT2D eigenvalue weighted by atomic mass is 10.0. The lowest BCUT2D eigenvalue weighted by Crippen LogP contribution is -2.55. The molecule has 3 aliphatic heterocycles. The number of aromatic nitrogens is 2. The summed E-state index contributed by atoms with van der Waals surface area (Å²) in [4.78, 5) is 31.4. The number of piperazine rings is 1. The van der Waals surface area contributed by atoms with Crippen molar-refractivity contribution in [1.82, 2.24) is 19.8 Å². The number of hydrogen-bond acceptors (Lipinski definition) is 9. The molecule has 1 saturated carbocycles. The molecule has 4 heterocycles. The summed E-state index contributed by atoms with van der Waals surface area (Å²) in [6.45, 7) is 7.34. The molecule has 1 aliphatic carbocycles. The van der Waals surface area contributed by atoms with Gasteiger partial charge in [0.1, 0.15) is 12.4 Å². The number of carbonyl (C=O) groups excluding carboxylic acids is 1. The number of amides is 1. The lowest BCUT2D eigenvalue weighted by molar-refractivity contribution is 0.0767. The van der Waals surface area contributed by atoms with Crippen LogP contribution in [-0.4, -0.2) is 84.8 Å². The molecule has 10 heteroatoms. The third-order valence-corrected chi connectivity index (χ3v) is 10.3. The molecule has 1 amide bonds. The van der Waals surface area contributed by atoms with Gasteiger partial charge < -0.3 is 29.1 Å². The molecule has 50 heavy (non-hydrogen) atoms. The maximum atomic E-state index is 13.0. The van der Waals surface area contributed by atoms with E-state index in [1.165, 1.54) is 61.8 Å². The second-order valence-corrected chi connectivity index (χ2v) is 13.8. The van der Waals surface area contributed by atoms with Gasteiger partial charge in [0.15, 0.2) is 0 Å². The van der Waals surface area contributed by atoms with E-state index >= 15 is 0 Å². The summed E-state index contributed by atoms with van der Waals surface area (Å²) in [5.41, 5.74) is 4.14.